The Morgan fingerprint density at radius 3 is 2.61 bits per heavy atom. The number of β-amino-alcohol motifs (C(OH)–C–C–N with tert-alkyl or cyclic N) is 1. The fourth-order valence-corrected chi connectivity index (χ4v) is 6.96. The molecule has 1 unspecified atom stereocenters. The lowest BCUT2D eigenvalue weighted by atomic mass is 9.87. The molecule has 170 valence electrons. The van der Waals surface area contributed by atoms with Crippen LogP contribution in [-0.4, -0.2) is 85.0 Å². The third-order valence-corrected chi connectivity index (χ3v) is 9.04. The molecule has 0 aromatic heterocycles. The molecular formula is C22H30ClN3O4S. The van der Waals surface area contributed by atoms with Crippen LogP contribution in [0.4, 0.5) is 0 Å². The Hall–Kier alpha value is -1.37. The number of aliphatic hydroxyl groups is 1. The van der Waals surface area contributed by atoms with Crippen LogP contribution >= 0.6 is 11.6 Å². The first-order valence-electron chi connectivity index (χ1n) is 11.1. The fraction of sp³-hybridized carbons (Fsp3) is 0.682. The number of halogens is 1. The van der Waals surface area contributed by atoms with E-state index in [1.54, 1.807) is 4.31 Å². The van der Waals surface area contributed by atoms with Gasteiger partial charge in [-0.1, -0.05) is 18.0 Å². The maximum atomic E-state index is 13.7. The quantitative estimate of drug-likeness (QED) is 0.689. The third kappa shape index (κ3) is 4.31. The van der Waals surface area contributed by atoms with Crippen molar-refractivity contribution in [1.82, 2.24) is 14.1 Å². The lowest BCUT2D eigenvalue weighted by molar-refractivity contribution is -0.144. The Morgan fingerprint density at radius 1 is 1.23 bits per heavy atom. The van der Waals surface area contributed by atoms with Crippen molar-refractivity contribution in [2.24, 2.45) is 5.41 Å². The summed E-state index contributed by atoms with van der Waals surface area (Å²) in [4.78, 5) is 17.9. The van der Waals surface area contributed by atoms with Gasteiger partial charge in [-0.15, -0.1) is 0 Å². The second-order valence-corrected chi connectivity index (χ2v) is 11.2. The number of amides is 1. The van der Waals surface area contributed by atoms with Crippen molar-refractivity contribution < 1.29 is 18.3 Å². The van der Waals surface area contributed by atoms with Crippen molar-refractivity contribution >= 4 is 27.5 Å². The number of nitrogens with zero attached hydrogens (tertiary/aromatic N) is 3. The molecule has 1 aromatic rings. The van der Waals surface area contributed by atoms with E-state index in [2.05, 4.69) is 17.0 Å². The van der Waals surface area contributed by atoms with Crippen molar-refractivity contribution in [3.05, 3.63) is 29.3 Å². The average molecular weight is 468 g/mol. The van der Waals surface area contributed by atoms with Gasteiger partial charge in [-0.05, 0) is 56.9 Å². The number of rotatable bonds is 6. The number of piperazine rings is 1. The Kier molecular flexibility index (Phi) is 6.53. The monoisotopic (exact) mass is 467 g/mol. The van der Waals surface area contributed by atoms with Crippen LogP contribution in [0.25, 0.3) is 0 Å². The maximum absolute atomic E-state index is 13.7. The van der Waals surface area contributed by atoms with Crippen molar-refractivity contribution in [3.63, 3.8) is 0 Å². The molecule has 1 saturated carbocycles. The van der Waals surface area contributed by atoms with Crippen molar-refractivity contribution in [3.8, 4) is 0 Å². The van der Waals surface area contributed by atoms with Crippen LogP contribution in [0, 0.1) is 17.5 Å². The van der Waals surface area contributed by atoms with Crippen LogP contribution in [0.1, 0.15) is 39.0 Å². The van der Waals surface area contributed by atoms with E-state index in [9.17, 15) is 18.3 Å². The summed E-state index contributed by atoms with van der Waals surface area (Å²) >= 11 is 5.87. The molecule has 1 N–H and O–H groups in total. The van der Waals surface area contributed by atoms with Gasteiger partial charge in [0.25, 0.3) is 10.0 Å². The van der Waals surface area contributed by atoms with Crippen molar-refractivity contribution in [2.45, 2.75) is 56.0 Å². The van der Waals surface area contributed by atoms with Crippen LogP contribution < -0.4 is 0 Å². The lowest BCUT2D eigenvalue weighted by Crippen LogP contribution is -2.59. The molecular weight excluding hydrogens is 438 g/mol. The van der Waals surface area contributed by atoms with Gasteiger partial charge < -0.3 is 10.0 Å². The number of hydrogen-bond acceptors (Lipinski definition) is 5. The number of aliphatic hydroxyl groups excluding tert-OH is 1. The molecule has 2 saturated heterocycles. The van der Waals surface area contributed by atoms with Gasteiger partial charge in [-0.25, -0.2) is 8.42 Å². The van der Waals surface area contributed by atoms with E-state index in [0.29, 0.717) is 31.1 Å². The SMILES string of the molecule is CC1CN(CCO)CCN1C(=O)C1([C@H]2CCCCN2S(=O)(=O)c2c#cc(Cl)cc2)CC1. The van der Waals surface area contributed by atoms with Crippen molar-refractivity contribution in [2.75, 3.05) is 39.3 Å². The van der Waals surface area contributed by atoms with Crippen LogP contribution in [0.5, 0.6) is 0 Å². The minimum Gasteiger partial charge on any atom is -0.395 e. The van der Waals surface area contributed by atoms with E-state index in [0.717, 1.165) is 38.8 Å². The second kappa shape index (κ2) is 8.87. The van der Waals surface area contributed by atoms with Gasteiger partial charge in [0.2, 0.25) is 5.91 Å². The minimum absolute atomic E-state index is 0.0399. The van der Waals surface area contributed by atoms with Gasteiger partial charge in [-0.2, -0.15) is 4.31 Å². The molecule has 9 heteroatoms. The zero-order chi connectivity index (χ0) is 22.2. The predicted molar refractivity (Wildman–Crippen MR) is 117 cm³/mol. The summed E-state index contributed by atoms with van der Waals surface area (Å²) in [6, 6.07) is 8.00. The highest BCUT2D eigenvalue weighted by Gasteiger charge is 2.61. The van der Waals surface area contributed by atoms with Gasteiger partial charge >= 0.3 is 0 Å². The molecule has 31 heavy (non-hydrogen) atoms. The number of piperidine rings is 1. The number of carbonyl (C=O) groups is 1. The van der Waals surface area contributed by atoms with E-state index in [1.807, 2.05) is 11.8 Å². The molecule has 0 bridgehead atoms. The Morgan fingerprint density at radius 2 is 2.00 bits per heavy atom. The van der Waals surface area contributed by atoms with E-state index in [-0.39, 0.29) is 29.5 Å². The molecule has 0 spiro atoms. The molecule has 1 amide bonds. The van der Waals surface area contributed by atoms with E-state index in [1.165, 1.54) is 12.1 Å². The van der Waals surface area contributed by atoms with Crippen LogP contribution in [0.15, 0.2) is 17.0 Å². The standard InChI is InChI=1S/C22H30ClN3O4S/c1-17-16-24(14-15-27)12-13-25(17)21(28)22(9-10-22)20-4-2-3-11-26(20)31(29,30)19-7-5-18(23)6-8-19/h5,7,17,20,27H,2-4,9-16H2,1H3/t17?,20-/m1/s1. The summed E-state index contributed by atoms with van der Waals surface area (Å²) in [7, 11) is -3.78. The number of hydrogen-bond donors (Lipinski definition) is 1. The highest BCUT2D eigenvalue weighted by Crippen LogP contribution is 2.55. The van der Waals surface area contributed by atoms with E-state index >= 15 is 0 Å². The van der Waals surface area contributed by atoms with E-state index in [4.69, 9.17) is 11.6 Å². The summed E-state index contributed by atoms with van der Waals surface area (Å²) in [5.74, 6) is 0.0856. The Balaban J connectivity index is 1.56. The zero-order valence-electron chi connectivity index (χ0n) is 17.9. The van der Waals surface area contributed by atoms with Gasteiger partial charge in [-0.3, -0.25) is 9.69 Å². The molecule has 3 aliphatic rings. The molecule has 2 atom stereocenters. The van der Waals surface area contributed by atoms with Gasteiger partial charge in [0.1, 0.15) is 4.90 Å². The molecule has 1 aromatic carbocycles. The van der Waals surface area contributed by atoms with Gasteiger partial charge in [0.05, 0.1) is 17.0 Å². The smallest absolute Gasteiger partial charge is 0.251 e. The third-order valence-electron chi connectivity index (χ3n) is 6.97. The van der Waals surface area contributed by atoms with Gasteiger partial charge in [0, 0.05) is 44.8 Å². The van der Waals surface area contributed by atoms with Crippen LogP contribution in [-0.2, 0) is 14.8 Å². The molecule has 0 radical (unpaired) electrons. The topological polar surface area (TPSA) is 81.2 Å². The summed E-state index contributed by atoms with van der Waals surface area (Å²) in [6.45, 7) is 5.24. The Labute approximate surface area is 190 Å². The first-order valence-corrected chi connectivity index (χ1v) is 12.9. The number of carbonyl (C=O) groups excluding carboxylic acids is 1. The first kappa shape index (κ1) is 22.8. The summed E-state index contributed by atoms with van der Waals surface area (Å²) < 4.78 is 28.4. The average Bonchev–Trinajstić information content (AvgIpc) is 3.56. The van der Waals surface area contributed by atoms with E-state index < -0.39 is 15.4 Å². The molecule has 2 aliphatic heterocycles. The van der Waals surface area contributed by atoms with Gasteiger partial charge in [0.15, 0.2) is 0 Å². The predicted octanol–water partition coefficient (Wildman–Crippen LogP) is 1.79. The fourth-order valence-electron chi connectivity index (χ4n) is 5.16. The molecule has 1 aliphatic carbocycles. The largest absolute Gasteiger partial charge is 0.395 e. The van der Waals surface area contributed by atoms with Crippen LogP contribution in [0.3, 0.4) is 0 Å². The highest BCUT2D eigenvalue weighted by molar-refractivity contribution is 7.89. The highest BCUT2D eigenvalue weighted by atomic mass is 35.5. The maximum Gasteiger partial charge on any atom is 0.251 e. The normalized spacial score (nSPS) is 27.0. The summed E-state index contributed by atoms with van der Waals surface area (Å²) in [5, 5.41) is 9.52. The molecule has 2 heterocycles. The molecule has 4 rings (SSSR count). The second-order valence-electron chi connectivity index (χ2n) is 8.95. The molecule has 7 nitrogen and oxygen atoms in total. The van der Waals surface area contributed by atoms with Crippen molar-refractivity contribution in [1.29, 1.82) is 0 Å². The van der Waals surface area contributed by atoms with Crippen LogP contribution in [0.2, 0.25) is 5.02 Å². The number of sulfonamides is 1. The summed E-state index contributed by atoms with van der Waals surface area (Å²) in [6.07, 6.45) is 3.85. The lowest BCUT2D eigenvalue weighted by Gasteiger charge is -2.45. The zero-order valence-corrected chi connectivity index (χ0v) is 19.5. The first-order chi connectivity index (χ1) is 14.8. The summed E-state index contributed by atoms with van der Waals surface area (Å²) in [5.41, 5.74) is -0.628. The Bertz CT molecular complexity index is 904. The minimum atomic E-state index is -3.78. The molecule has 3 fully saturated rings.